The topological polar surface area (TPSA) is 50.8 Å². The van der Waals surface area contributed by atoms with Gasteiger partial charge in [-0.2, -0.15) is 0 Å². The molecular formula is C17H23ClN2O3. The van der Waals surface area contributed by atoms with Gasteiger partial charge in [0.2, 0.25) is 0 Å². The van der Waals surface area contributed by atoms with Gasteiger partial charge < -0.3 is 19.7 Å². The lowest BCUT2D eigenvalue weighted by molar-refractivity contribution is -0.0867. The molecule has 1 aromatic rings. The summed E-state index contributed by atoms with van der Waals surface area (Å²) in [7, 11) is 0. The molecule has 0 bridgehead atoms. The van der Waals surface area contributed by atoms with Crippen LogP contribution >= 0.6 is 11.6 Å². The Hall–Kier alpha value is -1.30. The predicted molar refractivity (Wildman–Crippen MR) is 90.2 cm³/mol. The Morgan fingerprint density at radius 1 is 1.35 bits per heavy atom. The Kier molecular flexibility index (Phi) is 5.41. The molecule has 23 heavy (non-hydrogen) atoms. The molecule has 2 aliphatic rings. The molecule has 6 heteroatoms. The normalized spacial score (nSPS) is 24.7. The fraction of sp³-hybridized carbons (Fsp3) is 0.588. The average Bonchev–Trinajstić information content (AvgIpc) is 3.11. The van der Waals surface area contributed by atoms with E-state index in [0.717, 1.165) is 31.7 Å². The van der Waals surface area contributed by atoms with Gasteiger partial charge in [-0.15, -0.1) is 0 Å². The summed E-state index contributed by atoms with van der Waals surface area (Å²) in [6.07, 6.45) is 2.15. The Labute approximate surface area is 141 Å². The Bertz CT molecular complexity index is 561. The number of rotatable bonds is 4. The first-order valence-electron chi connectivity index (χ1n) is 8.25. The minimum absolute atomic E-state index is 0.00486. The molecule has 2 atom stereocenters. The van der Waals surface area contributed by atoms with E-state index < -0.39 is 0 Å². The molecule has 1 amide bonds. The van der Waals surface area contributed by atoms with E-state index in [-0.39, 0.29) is 18.1 Å². The Morgan fingerprint density at radius 2 is 2.17 bits per heavy atom. The summed E-state index contributed by atoms with van der Waals surface area (Å²) in [6, 6.07) is 5.39. The number of anilines is 1. The van der Waals surface area contributed by atoms with Crippen LogP contribution in [0.1, 0.15) is 30.1 Å². The molecule has 0 aromatic heterocycles. The van der Waals surface area contributed by atoms with Gasteiger partial charge in [-0.25, -0.2) is 0 Å². The number of amides is 1. The van der Waals surface area contributed by atoms with Crippen LogP contribution in [-0.2, 0) is 9.47 Å². The molecule has 0 saturated carbocycles. The molecular weight excluding hydrogens is 316 g/mol. The monoisotopic (exact) mass is 338 g/mol. The number of benzene rings is 1. The highest BCUT2D eigenvalue weighted by atomic mass is 35.5. The van der Waals surface area contributed by atoms with E-state index in [1.54, 1.807) is 12.1 Å². The number of hydrogen-bond acceptors (Lipinski definition) is 4. The number of hydrogen-bond donors (Lipinski definition) is 1. The van der Waals surface area contributed by atoms with Crippen molar-refractivity contribution in [1.29, 1.82) is 0 Å². The lowest BCUT2D eigenvalue weighted by atomic mass is 10.1. The van der Waals surface area contributed by atoms with Crippen LogP contribution in [0.3, 0.4) is 0 Å². The van der Waals surface area contributed by atoms with Gasteiger partial charge in [-0.3, -0.25) is 4.79 Å². The van der Waals surface area contributed by atoms with Gasteiger partial charge in [0.15, 0.2) is 0 Å². The summed E-state index contributed by atoms with van der Waals surface area (Å²) in [5.41, 5.74) is 1.44. The van der Waals surface area contributed by atoms with Crippen LogP contribution < -0.4 is 5.32 Å². The maximum atomic E-state index is 12.9. The fourth-order valence-corrected chi connectivity index (χ4v) is 3.36. The van der Waals surface area contributed by atoms with Crippen molar-refractivity contribution in [3.05, 3.63) is 28.8 Å². The summed E-state index contributed by atoms with van der Waals surface area (Å²) in [4.78, 5) is 14.8. The minimum Gasteiger partial charge on any atom is -0.385 e. The van der Waals surface area contributed by atoms with E-state index >= 15 is 0 Å². The molecule has 0 aliphatic carbocycles. The number of nitrogens with one attached hydrogen (secondary N) is 1. The molecule has 0 unspecified atom stereocenters. The first-order valence-corrected chi connectivity index (χ1v) is 8.62. The quantitative estimate of drug-likeness (QED) is 0.917. The van der Waals surface area contributed by atoms with Crippen molar-refractivity contribution in [2.45, 2.75) is 32.0 Å². The van der Waals surface area contributed by atoms with Gasteiger partial charge in [-0.05, 0) is 38.0 Å². The van der Waals surface area contributed by atoms with Crippen molar-refractivity contribution in [2.24, 2.45) is 0 Å². The van der Waals surface area contributed by atoms with E-state index in [0.29, 0.717) is 30.3 Å². The lowest BCUT2D eigenvalue weighted by Gasteiger charge is -2.35. The molecule has 2 fully saturated rings. The number of halogens is 1. The van der Waals surface area contributed by atoms with E-state index in [1.165, 1.54) is 0 Å². The van der Waals surface area contributed by atoms with Crippen LogP contribution in [0.2, 0.25) is 5.02 Å². The predicted octanol–water partition coefficient (Wildman–Crippen LogP) is 2.79. The highest BCUT2D eigenvalue weighted by molar-refractivity contribution is 6.31. The number of carbonyl (C=O) groups excluding carboxylic acids is 1. The SMILES string of the molecule is CCNc1ccc(Cl)cc1C(=O)N1CCO[C@@H]([C@H]2CCCO2)C1. The van der Waals surface area contributed by atoms with Crippen LogP contribution in [-0.4, -0.2) is 55.9 Å². The zero-order valence-electron chi connectivity index (χ0n) is 13.4. The van der Waals surface area contributed by atoms with Gasteiger partial charge in [0.1, 0.15) is 6.10 Å². The Morgan fingerprint density at radius 3 is 2.91 bits per heavy atom. The number of nitrogens with zero attached hydrogens (tertiary/aromatic N) is 1. The standard InChI is InChI=1S/C17H23ClN2O3/c1-2-19-14-6-5-12(18)10-13(14)17(21)20-7-9-23-16(11-20)15-4-3-8-22-15/h5-6,10,15-16,19H,2-4,7-9,11H2,1H3/t15-,16-/m1/s1. The summed E-state index contributed by atoms with van der Waals surface area (Å²) < 4.78 is 11.5. The van der Waals surface area contributed by atoms with E-state index in [9.17, 15) is 4.79 Å². The van der Waals surface area contributed by atoms with Crippen molar-refractivity contribution in [3.8, 4) is 0 Å². The summed E-state index contributed by atoms with van der Waals surface area (Å²) in [5, 5.41) is 3.80. The molecule has 2 saturated heterocycles. The third-order valence-electron chi connectivity index (χ3n) is 4.34. The average molecular weight is 339 g/mol. The van der Waals surface area contributed by atoms with Gasteiger partial charge in [0, 0.05) is 37.0 Å². The van der Waals surface area contributed by atoms with Crippen LogP contribution in [0.15, 0.2) is 18.2 Å². The van der Waals surface area contributed by atoms with Gasteiger partial charge >= 0.3 is 0 Å². The number of morpholine rings is 1. The summed E-state index contributed by atoms with van der Waals surface area (Å²) in [6.45, 7) is 5.26. The summed E-state index contributed by atoms with van der Waals surface area (Å²) >= 11 is 6.09. The van der Waals surface area contributed by atoms with Crippen molar-refractivity contribution >= 4 is 23.2 Å². The molecule has 2 aliphatic heterocycles. The zero-order valence-corrected chi connectivity index (χ0v) is 14.1. The van der Waals surface area contributed by atoms with Gasteiger partial charge in [0.25, 0.3) is 5.91 Å². The van der Waals surface area contributed by atoms with E-state index in [4.69, 9.17) is 21.1 Å². The summed E-state index contributed by atoms with van der Waals surface area (Å²) in [5.74, 6) is -0.00486. The Balaban J connectivity index is 1.75. The van der Waals surface area contributed by atoms with Crippen molar-refractivity contribution in [2.75, 3.05) is 38.2 Å². The molecule has 1 aromatic carbocycles. The van der Waals surface area contributed by atoms with Crippen LogP contribution in [0.4, 0.5) is 5.69 Å². The molecule has 1 N–H and O–H groups in total. The second-order valence-electron chi connectivity index (χ2n) is 5.93. The highest BCUT2D eigenvalue weighted by Gasteiger charge is 2.33. The molecule has 0 radical (unpaired) electrons. The number of carbonyl (C=O) groups is 1. The third-order valence-corrected chi connectivity index (χ3v) is 4.57. The maximum absolute atomic E-state index is 12.9. The molecule has 5 nitrogen and oxygen atoms in total. The third kappa shape index (κ3) is 3.79. The zero-order chi connectivity index (χ0) is 16.2. The maximum Gasteiger partial charge on any atom is 0.256 e. The molecule has 2 heterocycles. The van der Waals surface area contributed by atoms with Crippen LogP contribution in [0, 0.1) is 0 Å². The second kappa shape index (κ2) is 7.51. The second-order valence-corrected chi connectivity index (χ2v) is 6.37. The van der Waals surface area contributed by atoms with Crippen molar-refractivity contribution in [3.63, 3.8) is 0 Å². The van der Waals surface area contributed by atoms with Crippen LogP contribution in [0.5, 0.6) is 0 Å². The van der Waals surface area contributed by atoms with Crippen LogP contribution in [0.25, 0.3) is 0 Å². The smallest absolute Gasteiger partial charge is 0.256 e. The highest BCUT2D eigenvalue weighted by Crippen LogP contribution is 2.25. The largest absolute Gasteiger partial charge is 0.385 e. The van der Waals surface area contributed by atoms with Crippen molar-refractivity contribution in [1.82, 2.24) is 4.90 Å². The van der Waals surface area contributed by atoms with E-state index in [1.807, 2.05) is 17.9 Å². The van der Waals surface area contributed by atoms with Gasteiger partial charge in [0.05, 0.1) is 18.3 Å². The molecule has 0 spiro atoms. The van der Waals surface area contributed by atoms with E-state index in [2.05, 4.69) is 5.32 Å². The molecule has 126 valence electrons. The fourth-order valence-electron chi connectivity index (χ4n) is 3.19. The van der Waals surface area contributed by atoms with Crippen molar-refractivity contribution < 1.29 is 14.3 Å². The first kappa shape index (κ1) is 16.6. The minimum atomic E-state index is -0.0306. The number of ether oxygens (including phenoxy) is 2. The molecule has 3 rings (SSSR count). The van der Waals surface area contributed by atoms with Gasteiger partial charge in [-0.1, -0.05) is 11.6 Å². The first-order chi connectivity index (χ1) is 11.2. The lowest BCUT2D eigenvalue weighted by Crippen LogP contribution is -2.49.